The Kier molecular flexibility index (Phi) is 5.08. The summed E-state index contributed by atoms with van der Waals surface area (Å²) in [6.45, 7) is 1.98. The molecule has 0 radical (unpaired) electrons. The van der Waals surface area contributed by atoms with Gasteiger partial charge in [0, 0.05) is 17.8 Å². The van der Waals surface area contributed by atoms with Gasteiger partial charge < -0.3 is 4.74 Å². The zero-order chi connectivity index (χ0) is 13.5. The normalized spacial score (nSPS) is 9.22. The van der Waals surface area contributed by atoms with Gasteiger partial charge in [0.2, 0.25) is 5.15 Å². The first-order valence-corrected chi connectivity index (χ1v) is 5.36. The Labute approximate surface area is 108 Å². The third kappa shape index (κ3) is 4.03. The predicted octanol–water partition coefficient (Wildman–Crippen LogP) is 1.95. The molecule has 1 aromatic heterocycles. The first kappa shape index (κ1) is 13.9. The number of ether oxygens (including phenoxy) is 1. The molecular weight excluding hydrogens is 260 g/mol. The molecule has 1 heterocycles. The number of rotatable bonds is 3. The van der Waals surface area contributed by atoms with Crippen LogP contribution in [0.15, 0.2) is 12.3 Å². The van der Waals surface area contributed by atoms with Gasteiger partial charge >= 0.3 is 11.7 Å². The molecule has 0 atom stereocenters. The van der Waals surface area contributed by atoms with Gasteiger partial charge in [0.25, 0.3) is 0 Å². The highest BCUT2D eigenvalue weighted by atomic mass is 35.5. The molecule has 0 amide bonds. The van der Waals surface area contributed by atoms with Gasteiger partial charge in [-0.15, -0.1) is 0 Å². The molecule has 0 aromatic carbocycles. The van der Waals surface area contributed by atoms with Gasteiger partial charge in [-0.1, -0.05) is 23.4 Å². The zero-order valence-electron chi connectivity index (χ0n) is 9.47. The molecule has 0 unspecified atom stereocenters. The summed E-state index contributed by atoms with van der Waals surface area (Å²) in [6.07, 6.45) is 1.22. The van der Waals surface area contributed by atoms with Crippen LogP contribution in [0.25, 0.3) is 0 Å². The van der Waals surface area contributed by atoms with Crippen molar-refractivity contribution >= 4 is 23.3 Å². The number of halogens is 1. The average molecular weight is 269 g/mol. The summed E-state index contributed by atoms with van der Waals surface area (Å²) in [5.41, 5.74) is -0.00463. The van der Waals surface area contributed by atoms with E-state index in [0.29, 0.717) is 5.56 Å². The van der Waals surface area contributed by atoms with Crippen molar-refractivity contribution < 1.29 is 14.5 Å². The van der Waals surface area contributed by atoms with Crippen LogP contribution in [-0.2, 0) is 9.53 Å². The molecule has 1 rings (SSSR count). The Morgan fingerprint density at radius 2 is 2.39 bits per heavy atom. The predicted molar refractivity (Wildman–Crippen MR) is 64.0 cm³/mol. The standard InChI is InChI=1S/C11H9ClN2O4/c1-2-18-10(15)5-3-4-8-6-9(14(16)17)11(12)13-7-8/h6-7H,2,5H2,1H3. The van der Waals surface area contributed by atoms with E-state index in [1.807, 2.05) is 0 Å². The smallest absolute Gasteiger partial charge is 0.317 e. The number of nitro groups is 1. The van der Waals surface area contributed by atoms with Crippen LogP contribution < -0.4 is 0 Å². The minimum Gasteiger partial charge on any atom is -0.465 e. The third-order valence-electron chi connectivity index (χ3n) is 1.79. The van der Waals surface area contributed by atoms with Crippen molar-refractivity contribution in [2.75, 3.05) is 6.61 Å². The van der Waals surface area contributed by atoms with E-state index in [4.69, 9.17) is 11.6 Å². The van der Waals surface area contributed by atoms with Crippen LogP contribution in [0.5, 0.6) is 0 Å². The van der Waals surface area contributed by atoms with Gasteiger partial charge in [-0.25, -0.2) is 4.98 Å². The molecule has 7 heteroatoms. The van der Waals surface area contributed by atoms with E-state index < -0.39 is 10.9 Å². The first-order chi connectivity index (χ1) is 8.54. The number of hydrogen-bond donors (Lipinski definition) is 0. The summed E-state index contributed by atoms with van der Waals surface area (Å²) in [5, 5.41) is 10.4. The van der Waals surface area contributed by atoms with Crippen molar-refractivity contribution in [1.82, 2.24) is 4.98 Å². The molecule has 18 heavy (non-hydrogen) atoms. The highest BCUT2D eigenvalue weighted by Crippen LogP contribution is 2.21. The molecule has 0 spiro atoms. The molecule has 0 fully saturated rings. The SMILES string of the molecule is CCOC(=O)CC#Cc1cnc(Cl)c([N+](=O)[O-])c1. The monoisotopic (exact) mass is 268 g/mol. The summed E-state index contributed by atoms with van der Waals surface area (Å²) >= 11 is 5.54. The molecule has 0 N–H and O–H groups in total. The van der Waals surface area contributed by atoms with Gasteiger partial charge in [0.05, 0.1) is 11.5 Å². The maximum atomic E-state index is 11.0. The average Bonchev–Trinajstić information content (AvgIpc) is 2.31. The molecular formula is C11H9ClN2O4. The van der Waals surface area contributed by atoms with E-state index in [-0.39, 0.29) is 23.9 Å². The van der Waals surface area contributed by atoms with Crippen molar-refractivity contribution in [1.29, 1.82) is 0 Å². The van der Waals surface area contributed by atoms with Gasteiger partial charge in [-0.2, -0.15) is 0 Å². The Bertz CT molecular complexity index is 534. The number of aromatic nitrogens is 1. The van der Waals surface area contributed by atoms with Crippen LogP contribution in [0.3, 0.4) is 0 Å². The topological polar surface area (TPSA) is 82.3 Å². The Morgan fingerprint density at radius 1 is 1.67 bits per heavy atom. The van der Waals surface area contributed by atoms with Crippen molar-refractivity contribution in [3.63, 3.8) is 0 Å². The number of pyridine rings is 1. The van der Waals surface area contributed by atoms with Gasteiger partial charge in [-0.05, 0) is 6.92 Å². The van der Waals surface area contributed by atoms with Crippen molar-refractivity contribution in [3.05, 3.63) is 33.1 Å². The molecule has 0 aliphatic rings. The van der Waals surface area contributed by atoms with E-state index in [2.05, 4.69) is 21.6 Å². The Balaban J connectivity index is 2.80. The fourth-order valence-corrected chi connectivity index (χ4v) is 1.24. The second kappa shape index (κ2) is 6.57. The fourth-order valence-electron chi connectivity index (χ4n) is 1.06. The van der Waals surface area contributed by atoms with E-state index >= 15 is 0 Å². The minimum absolute atomic E-state index is 0.0791. The number of carbonyl (C=O) groups is 1. The second-order valence-electron chi connectivity index (χ2n) is 3.07. The lowest BCUT2D eigenvalue weighted by atomic mass is 10.2. The van der Waals surface area contributed by atoms with Crippen LogP contribution >= 0.6 is 11.6 Å². The lowest BCUT2D eigenvalue weighted by Gasteiger charge is -1.95. The largest absolute Gasteiger partial charge is 0.465 e. The molecule has 1 aromatic rings. The maximum Gasteiger partial charge on any atom is 0.317 e. The number of hydrogen-bond acceptors (Lipinski definition) is 5. The van der Waals surface area contributed by atoms with Crippen molar-refractivity contribution in [2.24, 2.45) is 0 Å². The molecule has 6 nitrogen and oxygen atoms in total. The Morgan fingerprint density at radius 3 is 3.00 bits per heavy atom. The van der Waals surface area contributed by atoms with E-state index in [1.54, 1.807) is 6.92 Å². The summed E-state index contributed by atoms with van der Waals surface area (Å²) in [5.74, 6) is 4.68. The quantitative estimate of drug-likeness (QED) is 0.275. The van der Waals surface area contributed by atoms with Crippen LogP contribution in [-0.4, -0.2) is 22.5 Å². The number of esters is 1. The second-order valence-corrected chi connectivity index (χ2v) is 3.43. The summed E-state index contributed by atoms with van der Waals surface area (Å²) in [4.78, 5) is 24.6. The zero-order valence-corrected chi connectivity index (χ0v) is 10.2. The van der Waals surface area contributed by atoms with Crippen molar-refractivity contribution in [3.8, 4) is 11.8 Å². The lowest BCUT2D eigenvalue weighted by Crippen LogP contribution is -2.01. The van der Waals surface area contributed by atoms with Gasteiger partial charge in [0.15, 0.2) is 0 Å². The van der Waals surface area contributed by atoms with E-state index in [1.165, 1.54) is 12.3 Å². The van der Waals surface area contributed by atoms with Crippen LogP contribution in [0, 0.1) is 22.0 Å². The fraction of sp³-hybridized carbons (Fsp3) is 0.273. The molecule has 0 aliphatic heterocycles. The van der Waals surface area contributed by atoms with Crippen LogP contribution in [0.4, 0.5) is 5.69 Å². The van der Waals surface area contributed by atoms with E-state index in [9.17, 15) is 14.9 Å². The summed E-state index contributed by atoms with van der Waals surface area (Å²) in [6, 6.07) is 1.20. The summed E-state index contributed by atoms with van der Waals surface area (Å²) in [7, 11) is 0. The highest BCUT2D eigenvalue weighted by molar-refractivity contribution is 6.31. The van der Waals surface area contributed by atoms with E-state index in [0.717, 1.165) is 0 Å². The molecule has 0 aliphatic carbocycles. The third-order valence-corrected chi connectivity index (χ3v) is 2.08. The van der Waals surface area contributed by atoms with Gasteiger partial charge in [0.1, 0.15) is 6.42 Å². The highest BCUT2D eigenvalue weighted by Gasteiger charge is 2.13. The van der Waals surface area contributed by atoms with Crippen LogP contribution in [0.1, 0.15) is 18.9 Å². The molecule has 0 saturated carbocycles. The molecule has 94 valence electrons. The first-order valence-electron chi connectivity index (χ1n) is 4.99. The minimum atomic E-state index is -0.647. The van der Waals surface area contributed by atoms with Crippen molar-refractivity contribution in [2.45, 2.75) is 13.3 Å². The maximum absolute atomic E-state index is 11.0. The molecule has 0 bridgehead atoms. The van der Waals surface area contributed by atoms with Crippen LogP contribution in [0.2, 0.25) is 5.15 Å². The lowest BCUT2D eigenvalue weighted by molar-refractivity contribution is -0.385. The van der Waals surface area contributed by atoms with Gasteiger partial charge in [-0.3, -0.25) is 14.9 Å². The number of nitrogens with zero attached hydrogens (tertiary/aromatic N) is 2. The summed E-state index contributed by atoms with van der Waals surface area (Å²) < 4.78 is 4.67. The number of carbonyl (C=O) groups excluding carboxylic acids is 1. The Hall–Kier alpha value is -2.13. The molecule has 0 saturated heterocycles.